The van der Waals surface area contributed by atoms with Crippen LogP contribution in [0.5, 0.6) is 0 Å². The van der Waals surface area contributed by atoms with Gasteiger partial charge in [-0.1, -0.05) is 80.7 Å². The SMILES string of the molecule is C=CCC(C)CCC(C)C.CC(C)CC(CCl)C1CC1.CCC(COC)CC(C)C. The van der Waals surface area contributed by atoms with Gasteiger partial charge in [-0.2, -0.15) is 0 Å². The van der Waals surface area contributed by atoms with Crippen LogP contribution in [0.2, 0.25) is 0 Å². The van der Waals surface area contributed by atoms with Crippen LogP contribution in [0.15, 0.2) is 12.7 Å². The van der Waals surface area contributed by atoms with E-state index in [-0.39, 0.29) is 0 Å². The molecule has 30 heavy (non-hydrogen) atoms. The molecule has 182 valence electrons. The van der Waals surface area contributed by atoms with Crippen LogP contribution >= 0.6 is 11.6 Å². The Balaban J connectivity index is 0. The van der Waals surface area contributed by atoms with Gasteiger partial charge in [-0.25, -0.2) is 0 Å². The molecule has 0 aliphatic heterocycles. The van der Waals surface area contributed by atoms with E-state index >= 15 is 0 Å². The van der Waals surface area contributed by atoms with Crippen LogP contribution in [0, 0.1) is 41.4 Å². The van der Waals surface area contributed by atoms with E-state index in [1.54, 1.807) is 7.11 Å². The first-order valence-corrected chi connectivity index (χ1v) is 13.3. The second kappa shape index (κ2) is 20.9. The van der Waals surface area contributed by atoms with Crippen LogP contribution in [0.3, 0.4) is 0 Å². The molecule has 0 aromatic carbocycles. The van der Waals surface area contributed by atoms with E-state index in [1.807, 2.05) is 6.08 Å². The number of halogens is 1. The molecule has 1 aliphatic rings. The quantitative estimate of drug-likeness (QED) is 0.191. The third-order valence-electron chi connectivity index (χ3n) is 5.85. The molecule has 0 aromatic heterocycles. The minimum atomic E-state index is 0.769. The highest BCUT2D eigenvalue weighted by atomic mass is 35.5. The number of allylic oxidation sites excluding steroid dienone is 1. The van der Waals surface area contributed by atoms with E-state index in [2.05, 4.69) is 62.0 Å². The zero-order chi connectivity index (χ0) is 23.5. The fraction of sp³-hybridized carbons (Fsp3) is 0.929. The minimum Gasteiger partial charge on any atom is -0.384 e. The summed E-state index contributed by atoms with van der Waals surface area (Å²) in [6, 6.07) is 0. The molecule has 0 heterocycles. The number of hydrogen-bond acceptors (Lipinski definition) is 1. The molecule has 0 bridgehead atoms. The number of hydrogen-bond donors (Lipinski definition) is 0. The van der Waals surface area contributed by atoms with E-state index in [1.165, 1.54) is 51.4 Å². The topological polar surface area (TPSA) is 9.23 Å². The Kier molecular flexibility index (Phi) is 22.4. The zero-order valence-corrected chi connectivity index (χ0v) is 22.9. The summed E-state index contributed by atoms with van der Waals surface area (Å²) in [7, 11) is 1.78. The predicted octanol–water partition coefficient (Wildman–Crippen LogP) is 9.64. The average Bonchev–Trinajstić information content (AvgIpc) is 3.50. The summed E-state index contributed by atoms with van der Waals surface area (Å²) in [5.41, 5.74) is 0. The highest BCUT2D eigenvalue weighted by Gasteiger charge is 2.30. The van der Waals surface area contributed by atoms with Gasteiger partial charge >= 0.3 is 0 Å². The molecule has 2 heteroatoms. The highest BCUT2D eigenvalue weighted by molar-refractivity contribution is 6.18. The third-order valence-corrected chi connectivity index (χ3v) is 6.25. The maximum atomic E-state index is 5.85. The van der Waals surface area contributed by atoms with Crippen LogP contribution in [0.25, 0.3) is 0 Å². The normalized spacial score (nSPS) is 16.4. The maximum Gasteiger partial charge on any atom is 0.0490 e. The van der Waals surface area contributed by atoms with Crippen molar-refractivity contribution in [3.8, 4) is 0 Å². The second-order valence-corrected chi connectivity index (χ2v) is 11.1. The number of methoxy groups -OCH3 is 1. The molecule has 0 amide bonds. The van der Waals surface area contributed by atoms with Crippen molar-refractivity contribution in [3.05, 3.63) is 12.7 Å². The molecule has 0 aromatic rings. The van der Waals surface area contributed by atoms with E-state index < -0.39 is 0 Å². The van der Waals surface area contributed by atoms with Crippen LogP contribution < -0.4 is 0 Å². The lowest BCUT2D eigenvalue weighted by molar-refractivity contribution is 0.138. The Morgan fingerprint density at radius 2 is 1.50 bits per heavy atom. The molecule has 1 saturated carbocycles. The van der Waals surface area contributed by atoms with Crippen molar-refractivity contribution in [2.45, 2.75) is 107 Å². The number of rotatable bonds is 14. The van der Waals surface area contributed by atoms with Crippen molar-refractivity contribution in [1.29, 1.82) is 0 Å². The van der Waals surface area contributed by atoms with Gasteiger partial charge in [-0.3, -0.25) is 0 Å². The van der Waals surface area contributed by atoms with Gasteiger partial charge in [0.05, 0.1) is 0 Å². The molecular formula is C28H57ClO. The van der Waals surface area contributed by atoms with Crippen molar-refractivity contribution in [3.63, 3.8) is 0 Å². The molecule has 0 N–H and O–H groups in total. The van der Waals surface area contributed by atoms with Gasteiger partial charge in [-0.15, -0.1) is 18.2 Å². The van der Waals surface area contributed by atoms with Gasteiger partial charge in [-0.05, 0) is 73.5 Å². The second-order valence-electron chi connectivity index (χ2n) is 10.8. The lowest BCUT2D eigenvalue weighted by Crippen LogP contribution is -2.09. The van der Waals surface area contributed by atoms with Gasteiger partial charge in [0, 0.05) is 19.6 Å². The van der Waals surface area contributed by atoms with Crippen LogP contribution in [0.1, 0.15) is 107 Å². The van der Waals surface area contributed by atoms with Gasteiger partial charge in [0.1, 0.15) is 0 Å². The Hall–Kier alpha value is -0.0100. The first-order chi connectivity index (χ1) is 14.1. The first-order valence-electron chi connectivity index (χ1n) is 12.8. The van der Waals surface area contributed by atoms with E-state index in [4.69, 9.17) is 16.3 Å². The maximum absolute atomic E-state index is 5.85. The first kappa shape index (κ1) is 32.2. The summed E-state index contributed by atoms with van der Waals surface area (Å²) in [5, 5.41) is 0. The molecule has 0 saturated heterocycles. The summed E-state index contributed by atoms with van der Waals surface area (Å²) in [6.07, 6.45) is 12.6. The van der Waals surface area contributed by atoms with Crippen molar-refractivity contribution in [2.75, 3.05) is 19.6 Å². The summed E-state index contributed by atoms with van der Waals surface area (Å²) in [4.78, 5) is 0. The average molecular weight is 445 g/mol. The van der Waals surface area contributed by atoms with Gasteiger partial charge in [0.2, 0.25) is 0 Å². The summed E-state index contributed by atoms with van der Waals surface area (Å²) < 4.78 is 5.10. The Morgan fingerprint density at radius 1 is 0.933 bits per heavy atom. The van der Waals surface area contributed by atoms with Crippen molar-refractivity contribution in [1.82, 2.24) is 0 Å². The summed E-state index contributed by atoms with van der Waals surface area (Å²) in [6.45, 7) is 22.8. The molecule has 3 atom stereocenters. The van der Waals surface area contributed by atoms with Gasteiger partial charge in [0.15, 0.2) is 0 Å². The van der Waals surface area contributed by atoms with E-state index in [9.17, 15) is 0 Å². The Morgan fingerprint density at radius 3 is 1.83 bits per heavy atom. The largest absolute Gasteiger partial charge is 0.384 e. The molecule has 1 nitrogen and oxygen atoms in total. The van der Waals surface area contributed by atoms with E-state index in [0.29, 0.717) is 0 Å². The molecule has 1 aliphatic carbocycles. The summed E-state index contributed by atoms with van der Waals surface area (Å²) in [5.74, 6) is 6.77. The van der Waals surface area contributed by atoms with Crippen LogP contribution in [-0.4, -0.2) is 19.6 Å². The lowest BCUT2D eigenvalue weighted by Gasteiger charge is -2.15. The van der Waals surface area contributed by atoms with Crippen LogP contribution in [0.4, 0.5) is 0 Å². The highest BCUT2D eigenvalue weighted by Crippen LogP contribution is 2.40. The molecule has 1 rings (SSSR count). The number of alkyl halides is 1. The Bertz CT molecular complexity index is 360. The minimum absolute atomic E-state index is 0.769. The standard InChI is InChI=1S/C10H20.C9H17Cl.C9H20O/c1-5-6-10(4)8-7-9(2)3;1-7(2)5-9(6-10)8-3-4-8;1-5-9(7-10-4)6-8(2)3/h5,9-10H,1,6-8H2,2-4H3;7-9H,3-6H2,1-2H3;8-9H,5-7H2,1-4H3. The van der Waals surface area contributed by atoms with Crippen molar-refractivity contribution >= 4 is 11.6 Å². The van der Waals surface area contributed by atoms with Crippen LogP contribution in [-0.2, 0) is 4.74 Å². The Labute approximate surface area is 196 Å². The smallest absolute Gasteiger partial charge is 0.0490 e. The van der Waals surface area contributed by atoms with Gasteiger partial charge in [0.25, 0.3) is 0 Å². The molecule has 1 fully saturated rings. The lowest BCUT2D eigenvalue weighted by atomic mass is 9.95. The fourth-order valence-electron chi connectivity index (χ4n) is 3.83. The molecular weight excluding hydrogens is 388 g/mol. The monoisotopic (exact) mass is 444 g/mol. The van der Waals surface area contributed by atoms with Crippen molar-refractivity contribution < 1.29 is 4.74 Å². The van der Waals surface area contributed by atoms with E-state index in [0.717, 1.165) is 53.9 Å². The third kappa shape index (κ3) is 22.7. The fourth-order valence-corrected chi connectivity index (χ4v) is 4.21. The van der Waals surface area contributed by atoms with Gasteiger partial charge < -0.3 is 4.74 Å². The molecule has 3 unspecified atom stereocenters. The molecule has 0 radical (unpaired) electrons. The number of ether oxygens (including phenoxy) is 1. The molecule has 0 spiro atoms. The summed E-state index contributed by atoms with van der Waals surface area (Å²) >= 11 is 5.85. The zero-order valence-electron chi connectivity index (χ0n) is 22.2. The predicted molar refractivity (Wildman–Crippen MR) is 140 cm³/mol. The van der Waals surface area contributed by atoms with Crippen molar-refractivity contribution in [2.24, 2.45) is 41.4 Å².